The van der Waals surface area contributed by atoms with Crippen molar-refractivity contribution in [2.24, 2.45) is 10.9 Å². The molecule has 5 heteroatoms. The molecule has 0 aromatic carbocycles. The van der Waals surface area contributed by atoms with Gasteiger partial charge in [0.2, 0.25) is 0 Å². The summed E-state index contributed by atoms with van der Waals surface area (Å²) in [5.41, 5.74) is -0.451. The van der Waals surface area contributed by atoms with Crippen molar-refractivity contribution >= 4 is 11.9 Å². The van der Waals surface area contributed by atoms with Crippen LogP contribution in [0.5, 0.6) is 0 Å². The molecule has 0 radical (unpaired) electrons. The highest BCUT2D eigenvalue weighted by Crippen LogP contribution is 2.27. The lowest BCUT2D eigenvalue weighted by Crippen LogP contribution is -2.50. The Morgan fingerprint density at radius 3 is 2.65 bits per heavy atom. The molecular formula is C18H33N3O2. The first-order chi connectivity index (χ1) is 10.9. The topological polar surface area (TPSA) is 53.9 Å². The van der Waals surface area contributed by atoms with Crippen LogP contribution in [0.2, 0.25) is 0 Å². The molecule has 0 aromatic rings. The van der Waals surface area contributed by atoms with Gasteiger partial charge in [0.1, 0.15) is 11.4 Å². The first-order valence-electron chi connectivity index (χ1n) is 9.17. The minimum absolute atomic E-state index is 0.239. The normalized spacial score (nSPS) is 21.6. The molecule has 1 aliphatic heterocycles. The standard InChI is InChI=1S/C18H33N3O2/c1-5-15(14-9-7-6-8-10-14)20-16-13-21(12-11-19-16)17(22)23-18(2,3)4/h14-15H,5-13H2,1-4H3,(H,19,20). The summed E-state index contributed by atoms with van der Waals surface area (Å²) < 4.78 is 5.48. The van der Waals surface area contributed by atoms with Crippen molar-refractivity contribution in [2.75, 3.05) is 19.6 Å². The molecule has 23 heavy (non-hydrogen) atoms. The molecule has 0 saturated heterocycles. The van der Waals surface area contributed by atoms with Gasteiger partial charge in [0, 0.05) is 12.6 Å². The van der Waals surface area contributed by atoms with E-state index >= 15 is 0 Å². The Labute approximate surface area is 140 Å². The number of hydrogen-bond donors (Lipinski definition) is 1. The van der Waals surface area contributed by atoms with Crippen molar-refractivity contribution in [1.82, 2.24) is 10.2 Å². The monoisotopic (exact) mass is 323 g/mol. The highest BCUT2D eigenvalue weighted by molar-refractivity contribution is 5.88. The number of ether oxygens (including phenoxy) is 1. The van der Waals surface area contributed by atoms with Crippen LogP contribution in [-0.4, -0.2) is 48.1 Å². The van der Waals surface area contributed by atoms with E-state index in [4.69, 9.17) is 4.74 Å². The second-order valence-electron chi connectivity index (χ2n) is 7.79. The van der Waals surface area contributed by atoms with Gasteiger partial charge in [-0.2, -0.15) is 0 Å². The number of carbonyl (C=O) groups is 1. The van der Waals surface area contributed by atoms with Crippen LogP contribution in [0, 0.1) is 5.92 Å². The number of carbonyl (C=O) groups excluding carboxylic acids is 1. The number of amides is 1. The minimum Gasteiger partial charge on any atom is -0.444 e. The van der Waals surface area contributed by atoms with Crippen LogP contribution in [0.3, 0.4) is 0 Å². The van der Waals surface area contributed by atoms with Crippen molar-refractivity contribution in [1.29, 1.82) is 0 Å². The average Bonchev–Trinajstić information content (AvgIpc) is 2.52. The molecule has 0 aromatic heterocycles. The molecule has 1 unspecified atom stereocenters. The number of nitrogens with one attached hydrogen (secondary N) is 1. The summed E-state index contributed by atoms with van der Waals surface area (Å²) in [4.78, 5) is 18.6. The number of nitrogens with zero attached hydrogens (tertiary/aromatic N) is 2. The lowest BCUT2D eigenvalue weighted by atomic mass is 9.83. The fourth-order valence-corrected chi connectivity index (χ4v) is 3.49. The second kappa shape index (κ2) is 8.02. The maximum atomic E-state index is 12.2. The number of hydrogen-bond acceptors (Lipinski definition) is 4. The highest BCUT2D eigenvalue weighted by atomic mass is 16.6. The fraction of sp³-hybridized carbons (Fsp3) is 0.889. The van der Waals surface area contributed by atoms with E-state index in [1.807, 2.05) is 20.8 Å². The molecule has 1 atom stereocenters. The molecule has 1 heterocycles. The van der Waals surface area contributed by atoms with Crippen LogP contribution in [0.4, 0.5) is 4.79 Å². The third-order valence-corrected chi connectivity index (χ3v) is 4.68. The molecule has 0 bridgehead atoms. The van der Waals surface area contributed by atoms with Gasteiger partial charge in [-0.05, 0) is 46.0 Å². The van der Waals surface area contributed by atoms with Crippen LogP contribution in [-0.2, 0) is 4.74 Å². The van der Waals surface area contributed by atoms with E-state index in [0.29, 0.717) is 25.7 Å². The van der Waals surface area contributed by atoms with E-state index in [0.717, 1.165) is 18.2 Å². The summed E-state index contributed by atoms with van der Waals surface area (Å²) in [6, 6.07) is 0.479. The molecule has 5 nitrogen and oxygen atoms in total. The Kier molecular flexibility index (Phi) is 6.31. The molecule has 2 aliphatic rings. The third kappa shape index (κ3) is 5.70. The maximum absolute atomic E-state index is 12.2. The zero-order valence-electron chi connectivity index (χ0n) is 15.2. The number of amidine groups is 1. The molecule has 1 fully saturated rings. The van der Waals surface area contributed by atoms with Gasteiger partial charge in [-0.1, -0.05) is 26.2 Å². The lowest BCUT2D eigenvalue weighted by Gasteiger charge is -2.34. The molecule has 132 valence electrons. The predicted molar refractivity (Wildman–Crippen MR) is 93.9 cm³/mol. The van der Waals surface area contributed by atoms with Crippen LogP contribution in [0.1, 0.15) is 66.2 Å². The third-order valence-electron chi connectivity index (χ3n) is 4.68. The average molecular weight is 323 g/mol. The zero-order chi connectivity index (χ0) is 16.9. The molecule has 1 saturated carbocycles. The van der Waals surface area contributed by atoms with Gasteiger partial charge < -0.3 is 10.1 Å². The van der Waals surface area contributed by atoms with E-state index in [1.54, 1.807) is 4.90 Å². The van der Waals surface area contributed by atoms with Gasteiger partial charge in [0.15, 0.2) is 0 Å². The van der Waals surface area contributed by atoms with Crippen LogP contribution >= 0.6 is 0 Å². The summed E-state index contributed by atoms with van der Waals surface area (Å²) >= 11 is 0. The smallest absolute Gasteiger partial charge is 0.410 e. The Bertz CT molecular complexity index is 422. The Morgan fingerprint density at radius 2 is 2.04 bits per heavy atom. The van der Waals surface area contributed by atoms with Crippen LogP contribution in [0.25, 0.3) is 0 Å². The lowest BCUT2D eigenvalue weighted by molar-refractivity contribution is 0.0275. The van der Waals surface area contributed by atoms with Gasteiger partial charge in [0.25, 0.3) is 0 Å². The predicted octanol–water partition coefficient (Wildman–Crippen LogP) is 3.58. The Balaban J connectivity index is 1.89. The maximum Gasteiger partial charge on any atom is 0.410 e. The van der Waals surface area contributed by atoms with E-state index in [-0.39, 0.29) is 6.09 Å². The van der Waals surface area contributed by atoms with Gasteiger partial charge in [-0.3, -0.25) is 9.89 Å². The Hall–Kier alpha value is -1.26. The summed E-state index contributed by atoms with van der Waals surface area (Å²) in [7, 11) is 0. The van der Waals surface area contributed by atoms with Gasteiger partial charge in [-0.25, -0.2) is 4.79 Å². The minimum atomic E-state index is -0.451. The van der Waals surface area contributed by atoms with Crippen LogP contribution < -0.4 is 5.32 Å². The first-order valence-corrected chi connectivity index (χ1v) is 9.17. The first kappa shape index (κ1) is 18.1. The van der Waals surface area contributed by atoms with Gasteiger partial charge in [-0.15, -0.1) is 0 Å². The largest absolute Gasteiger partial charge is 0.444 e. The zero-order valence-corrected chi connectivity index (χ0v) is 15.2. The Morgan fingerprint density at radius 1 is 1.35 bits per heavy atom. The molecule has 2 rings (SSSR count). The fourth-order valence-electron chi connectivity index (χ4n) is 3.49. The quantitative estimate of drug-likeness (QED) is 0.863. The molecule has 1 aliphatic carbocycles. The van der Waals surface area contributed by atoms with E-state index in [2.05, 4.69) is 17.2 Å². The number of aliphatic imine (C=N–C) groups is 1. The number of rotatable bonds is 3. The van der Waals surface area contributed by atoms with Crippen LogP contribution in [0.15, 0.2) is 4.99 Å². The SMILES string of the molecule is CCC(NC1=NCCN(C(=O)OC(C)(C)C)C1)C1CCCCC1. The summed E-state index contributed by atoms with van der Waals surface area (Å²) in [5.74, 6) is 1.69. The second-order valence-corrected chi connectivity index (χ2v) is 7.79. The molecule has 1 amide bonds. The summed E-state index contributed by atoms with van der Waals surface area (Å²) in [5, 5.41) is 3.62. The van der Waals surface area contributed by atoms with Gasteiger partial charge in [0.05, 0.1) is 13.1 Å². The van der Waals surface area contributed by atoms with E-state index in [1.165, 1.54) is 32.1 Å². The van der Waals surface area contributed by atoms with Crippen molar-refractivity contribution in [3.8, 4) is 0 Å². The van der Waals surface area contributed by atoms with Gasteiger partial charge >= 0.3 is 6.09 Å². The summed E-state index contributed by atoms with van der Waals surface area (Å²) in [6.07, 6.45) is 7.57. The van der Waals surface area contributed by atoms with E-state index in [9.17, 15) is 4.79 Å². The van der Waals surface area contributed by atoms with Crippen molar-refractivity contribution in [2.45, 2.75) is 77.9 Å². The molecule has 1 N–H and O–H groups in total. The molecular weight excluding hydrogens is 290 g/mol. The molecule has 0 spiro atoms. The van der Waals surface area contributed by atoms with Crippen molar-refractivity contribution < 1.29 is 9.53 Å². The summed E-state index contributed by atoms with van der Waals surface area (Å²) in [6.45, 7) is 9.78. The van der Waals surface area contributed by atoms with E-state index < -0.39 is 5.60 Å². The highest BCUT2D eigenvalue weighted by Gasteiger charge is 2.28. The van der Waals surface area contributed by atoms with Crippen molar-refractivity contribution in [3.63, 3.8) is 0 Å². The van der Waals surface area contributed by atoms with Crippen molar-refractivity contribution in [3.05, 3.63) is 0 Å².